The molecule has 244 valence electrons. The monoisotopic (exact) mass is 631 g/mol. The van der Waals surface area contributed by atoms with Gasteiger partial charge in [-0.3, -0.25) is 4.79 Å². The standard InChI is InChI=1S/C36H41NO9/c1-6-40-33(39)26(20-22-12-8-7-9-13-22)37-32(38)24-18-16-23(17-19-24)25-14-10-11-15-27(25)42-34-31-30(45-36(4,5)46-31)29-28(43-34)21-41-35(2,3)44-29/h7-19,26,28-31,34H,6,20-21H2,1-5H3,(H,37,38)/t26-,28+,29+,30-,31-,34-/m0/s1. The number of rotatable bonds is 9. The van der Waals surface area contributed by atoms with Gasteiger partial charge in [0.15, 0.2) is 17.7 Å². The van der Waals surface area contributed by atoms with Crippen LogP contribution >= 0.6 is 0 Å². The van der Waals surface area contributed by atoms with Crippen LogP contribution in [0.3, 0.4) is 0 Å². The van der Waals surface area contributed by atoms with Crippen LogP contribution in [0.25, 0.3) is 11.1 Å². The summed E-state index contributed by atoms with van der Waals surface area (Å²) < 4.78 is 42.8. The third-order valence-electron chi connectivity index (χ3n) is 8.19. The number of para-hydroxylation sites is 1. The van der Waals surface area contributed by atoms with E-state index in [1.54, 1.807) is 19.1 Å². The maximum Gasteiger partial charge on any atom is 0.328 e. The van der Waals surface area contributed by atoms with Gasteiger partial charge in [0.2, 0.25) is 6.29 Å². The summed E-state index contributed by atoms with van der Waals surface area (Å²) in [6.45, 7) is 9.77. The van der Waals surface area contributed by atoms with Gasteiger partial charge in [-0.1, -0.05) is 60.7 Å². The summed E-state index contributed by atoms with van der Waals surface area (Å²) in [6, 6.07) is 23.4. The maximum atomic E-state index is 13.2. The Morgan fingerprint density at radius 2 is 1.52 bits per heavy atom. The van der Waals surface area contributed by atoms with Crippen LogP contribution in [0.1, 0.15) is 50.5 Å². The van der Waals surface area contributed by atoms with Crippen LogP contribution in [-0.4, -0.2) is 73.4 Å². The van der Waals surface area contributed by atoms with Crippen molar-refractivity contribution in [2.24, 2.45) is 0 Å². The first kappa shape index (κ1) is 32.2. The van der Waals surface area contributed by atoms with E-state index in [2.05, 4.69) is 5.32 Å². The summed E-state index contributed by atoms with van der Waals surface area (Å²) in [5.41, 5.74) is 2.97. The van der Waals surface area contributed by atoms with Crippen molar-refractivity contribution in [3.05, 3.63) is 90.0 Å². The molecule has 0 saturated carbocycles. The lowest BCUT2D eigenvalue weighted by molar-refractivity contribution is -0.362. The highest BCUT2D eigenvalue weighted by Crippen LogP contribution is 2.43. The van der Waals surface area contributed by atoms with E-state index in [0.29, 0.717) is 24.3 Å². The molecule has 0 bridgehead atoms. The fraction of sp³-hybridized carbons (Fsp3) is 0.444. The maximum absolute atomic E-state index is 13.2. The van der Waals surface area contributed by atoms with Crippen molar-refractivity contribution >= 4 is 11.9 Å². The number of hydrogen-bond donors (Lipinski definition) is 1. The largest absolute Gasteiger partial charge is 0.464 e. The highest BCUT2D eigenvalue weighted by molar-refractivity contribution is 5.97. The summed E-state index contributed by atoms with van der Waals surface area (Å²) in [5, 5.41) is 2.85. The topological polar surface area (TPSA) is 111 Å². The van der Waals surface area contributed by atoms with Crippen LogP contribution < -0.4 is 10.1 Å². The molecule has 0 aliphatic carbocycles. The second-order valence-corrected chi connectivity index (χ2v) is 12.6. The van der Waals surface area contributed by atoms with E-state index < -0.39 is 48.2 Å². The van der Waals surface area contributed by atoms with Crippen molar-refractivity contribution in [3.8, 4) is 16.9 Å². The Morgan fingerprint density at radius 3 is 2.26 bits per heavy atom. The molecular weight excluding hydrogens is 590 g/mol. The molecule has 3 aromatic carbocycles. The number of amides is 1. The van der Waals surface area contributed by atoms with Crippen molar-refractivity contribution in [2.75, 3.05) is 13.2 Å². The molecule has 3 fully saturated rings. The summed E-state index contributed by atoms with van der Waals surface area (Å²) in [6.07, 6.45) is -2.18. The Labute approximate surface area is 269 Å². The van der Waals surface area contributed by atoms with Crippen LogP contribution in [0.15, 0.2) is 78.9 Å². The average Bonchev–Trinajstić information content (AvgIpc) is 3.37. The van der Waals surface area contributed by atoms with Gasteiger partial charge >= 0.3 is 5.97 Å². The molecule has 0 unspecified atom stereocenters. The van der Waals surface area contributed by atoms with Gasteiger partial charge in [-0.2, -0.15) is 0 Å². The molecule has 1 amide bonds. The van der Waals surface area contributed by atoms with E-state index in [-0.39, 0.29) is 18.6 Å². The van der Waals surface area contributed by atoms with E-state index in [1.165, 1.54) is 0 Å². The Bertz CT molecular complexity index is 1520. The quantitative estimate of drug-likeness (QED) is 0.325. The number of nitrogens with one attached hydrogen (secondary N) is 1. The second kappa shape index (κ2) is 13.1. The molecule has 0 radical (unpaired) electrons. The minimum absolute atomic E-state index is 0.224. The smallest absolute Gasteiger partial charge is 0.328 e. The van der Waals surface area contributed by atoms with Gasteiger partial charge in [0.05, 0.1) is 13.2 Å². The summed E-state index contributed by atoms with van der Waals surface area (Å²) in [4.78, 5) is 25.9. The number of fused-ring (bicyclic) bond motifs is 3. The van der Waals surface area contributed by atoms with Gasteiger partial charge in [0, 0.05) is 17.5 Å². The fourth-order valence-electron chi connectivity index (χ4n) is 6.10. The molecule has 0 aromatic heterocycles. The van der Waals surface area contributed by atoms with E-state index >= 15 is 0 Å². The summed E-state index contributed by atoms with van der Waals surface area (Å²) in [5.74, 6) is -1.88. The van der Waals surface area contributed by atoms with Crippen molar-refractivity contribution in [3.63, 3.8) is 0 Å². The number of ether oxygens (including phenoxy) is 7. The highest BCUT2D eigenvalue weighted by Gasteiger charge is 2.59. The molecule has 3 aliphatic heterocycles. The molecule has 1 N–H and O–H groups in total. The van der Waals surface area contributed by atoms with Crippen LogP contribution in [0.5, 0.6) is 5.75 Å². The predicted octanol–water partition coefficient (Wildman–Crippen LogP) is 5.03. The molecule has 10 nitrogen and oxygen atoms in total. The van der Waals surface area contributed by atoms with E-state index in [4.69, 9.17) is 33.2 Å². The summed E-state index contributed by atoms with van der Waals surface area (Å²) in [7, 11) is 0. The van der Waals surface area contributed by atoms with Crippen LogP contribution in [-0.2, 0) is 39.6 Å². The second-order valence-electron chi connectivity index (χ2n) is 12.6. The van der Waals surface area contributed by atoms with E-state index in [1.807, 2.05) is 94.4 Å². The molecule has 3 aliphatic rings. The minimum Gasteiger partial charge on any atom is -0.464 e. The van der Waals surface area contributed by atoms with Gasteiger partial charge < -0.3 is 38.5 Å². The molecule has 3 heterocycles. The number of benzene rings is 3. The molecule has 3 aromatic rings. The average molecular weight is 632 g/mol. The van der Waals surface area contributed by atoms with Crippen molar-refractivity contribution in [1.82, 2.24) is 5.32 Å². The number of carbonyl (C=O) groups excluding carboxylic acids is 2. The van der Waals surface area contributed by atoms with E-state index in [9.17, 15) is 9.59 Å². The molecular formula is C36H41NO9. The third kappa shape index (κ3) is 7.11. The first-order valence-corrected chi connectivity index (χ1v) is 15.7. The fourth-order valence-corrected chi connectivity index (χ4v) is 6.10. The number of hydrogen-bond acceptors (Lipinski definition) is 9. The van der Waals surface area contributed by atoms with Gasteiger partial charge in [0.1, 0.15) is 30.1 Å². The van der Waals surface area contributed by atoms with Crippen LogP contribution in [0, 0.1) is 0 Å². The Hall–Kier alpha value is -3.80. The molecule has 0 spiro atoms. The molecule has 46 heavy (non-hydrogen) atoms. The highest BCUT2D eigenvalue weighted by atomic mass is 16.8. The zero-order valence-corrected chi connectivity index (χ0v) is 26.8. The van der Waals surface area contributed by atoms with Crippen molar-refractivity contribution in [1.29, 1.82) is 0 Å². The third-order valence-corrected chi connectivity index (χ3v) is 8.19. The van der Waals surface area contributed by atoms with Crippen LogP contribution in [0.4, 0.5) is 0 Å². The first-order chi connectivity index (χ1) is 22.0. The zero-order chi connectivity index (χ0) is 32.5. The van der Waals surface area contributed by atoms with Crippen LogP contribution in [0.2, 0.25) is 0 Å². The Kier molecular flexibility index (Phi) is 9.18. The number of esters is 1. The van der Waals surface area contributed by atoms with Gasteiger partial charge in [0.25, 0.3) is 5.91 Å². The normalized spacial score (nSPS) is 26.7. The first-order valence-electron chi connectivity index (χ1n) is 15.7. The predicted molar refractivity (Wildman–Crippen MR) is 168 cm³/mol. The lowest BCUT2D eigenvalue weighted by atomic mass is 9.97. The minimum atomic E-state index is -0.843. The number of carbonyl (C=O) groups is 2. The zero-order valence-electron chi connectivity index (χ0n) is 26.8. The molecule has 10 heteroatoms. The van der Waals surface area contributed by atoms with Gasteiger partial charge in [-0.15, -0.1) is 0 Å². The Balaban J connectivity index is 1.18. The molecule has 3 saturated heterocycles. The SMILES string of the molecule is CCOC(=O)[C@H](Cc1ccccc1)NC(=O)c1ccc(-c2ccccc2O[C@H]2O[C@@H]3COC(C)(C)O[C@H]3[C@@H]3OC(C)(C)O[C@H]23)cc1. The van der Waals surface area contributed by atoms with Gasteiger partial charge in [-0.25, -0.2) is 4.79 Å². The molecule has 6 rings (SSSR count). The van der Waals surface area contributed by atoms with Gasteiger partial charge in [-0.05, 0) is 63.9 Å². The lowest BCUT2D eigenvalue weighted by Crippen LogP contribution is -2.64. The Morgan fingerprint density at radius 1 is 0.848 bits per heavy atom. The lowest BCUT2D eigenvalue weighted by Gasteiger charge is -2.48. The van der Waals surface area contributed by atoms with Crippen molar-refractivity contribution in [2.45, 2.75) is 89.4 Å². The summed E-state index contributed by atoms with van der Waals surface area (Å²) >= 11 is 0. The van der Waals surface area contributed by atoms with Crippen molar-refractivity contribution < 1.29 is 42.7 Å². The van der Waals surface area contributed by atoms with E-state index in [0.717, 1.165) is 16.7 Å². The molecule has 6 atom stereocenters.